The Labute approximate surface area is 153 Å². The summed E-state index contributed by atoms with van der Waals surface area (Å²) in [5, 5.41) is 3.26. The van der Waals surface area contributed by atoms with Crippen LogP contribution in [-0.2, 0) is 4.74 Å². The summed E-state index contributed by atoms with van der Waals surface area (Å²) in [5.41, 5.74) is 2.00. The normalized spacial score (nSPS) is 15.3. The largest absolute Gasteiger partial charge is 0.479 e. The van der Waals surface area contributed by atoms with Gasteiger partial charge in [0.1, 0.15) is 11.8 Å². The van der Waals surface area contributed by atoms with Crippen LogP contribution in [0.15, 0.2) is 16.9 Å². The summed E-state index contributed by atoms with van der Waals surface area (Å²) in [6, 6.07) is 0. The summed E-state index contributed by atoms with van der Waals surface area (Å²) < 4.78 is 16.9. The van der Waals surface area contributed by atoms with Gasteiger partial charge in [0.2, 0.25) is 5.88 Å². The minimum atomic E-state index is -0.361. The van der Waals surface area contributed by atoms with Crippen molar-refractivity contribution in [1.82, 2.24) is 15.0 Å². The van der Waals surface area contributed by atoms with E-state index in [1.54, 1.807) is 14.0 Å². The molecule has 0 radical (unpaired) electrons. The van der Waals surface area contributed by atoms with Crippen molar-refractivity contribution >= 4 is 32.6 Å². The SMILES string of the molecule is COc1ncc(C2CCOCC2)c2sc(NC(=O)c3coc(C)n3)nc12. The molecule has 1 saturated heterocycles. The van der Waals surface area contributed by atoms with Crippen LogP contribution >= 0.6 is 11.3 Å². The Hall–Kier alpha value is -2.52. The molecule has 136 valence electrons. The van der Waals surface area contributed by atoms with Gasteiger partial charge in [-0.1, -0.05) is 11.3 Å². The summed E-state index contributed by atoms with van der Waals surface area (Å²) in [6.45, 7) is 3.17. The summed E-state index contributed by atoms with van der Waals surface area (Å²) in [7, 11) is 1.56. The fraction of sp³-hybridized carbons (Fsp3) is 0.412. The predicted molar refractivity (Wildman–Crippen MR) is 96.0 cm³/mol. The van der Waals surface area contributed by atoms with E-state index in [0.717, 1.165) is 36.3 Å². The molecular weight excluding hydrogens is 356 g/mol. The third-order valence-electron chi connectivity index (χ3n) is 4.34. The smallest absolute Gasteiger partial charge is 0.279 e. The fourth-order valence-electron chi connectivity index (χ4n) is 3.04. The van der Waals surface area contributed by atoms with Gasteiger partial charge in [-0.3, -0.25) is 10.1 Å². The Morgan fingerprint density at radius 2 is 2.15 bits per heavy atom. The molecule has 1 aliphatic rings. The van der Waals surface area contributed by atoms with Gasteiger partial charge in [0.25, 0.3) is 5.91 Å². The molecule has 3 aromatic heterocycles. The molecule has 0 aliphatic carbocycles. The second-order valence-corrected chi connectivity index (χ2v) is 7.01. The molecule has 1 aliphatic heterocycles. The number of methoxy groups -OCH3 is 1. The lowest BCUT2D eigenvalue weighted by Gasteiger charge is -2.22. The van der Waals surface area contributed by atoms with E-state index in [9.17, 15) is 4.79 Å². The van der Waals surface area contributed by atoms with Gasteiger partial charge in [0.15, 0.2) is 16.7 Å². The quantitative estimate of drug-likeness (QED) is 0.749. The minimum Gasteiger partial charge on any atom is -0.479 e. The van der Waals surface area contributed by atoms with Gasteiger partial charge in [-0.2, -0.15) is 0 Å². The Morgan fingerprint density at radius 3 is 2.85 bits per heavy atom. The van der Waals surface area contributed by atoms with Crippen molar-refractivity contribution in [2.24, 2.45) is 0 Å². The maximum absolute atomic E-state index is 12.3. The number of aromatic nitrogens is 3. The molecule has 0 atom stereocenters. The second kappa shape index (κ2) is 7.00. The molecular formula is C17H18N4O4S. The third kappa shape index (κ3) is 3.15. The molecule has 1 N–H and O–H groups in total. The first kappa shape index (κ1) is 16.9. The lowest BCUT2D eigenvalue weighted by atomic mass is 9.93. The molecule has 9 heteroatoms. The van der Waals surface area contributed by atoms with Crippen molar-refractivity contribution in [1.29, 1.82) is 0 Å². The highest BCUT2D eigenvalue weighted by atomic mass is 32.1. The summed E-state index contributed by atoms with van der Waals surface area (Å²) in [5.74, 6) is 0.893. The van der Waals surface area contributed by atoms with E-state index in [0.29, 0.717) is 28.3 Å². The maximum Gasteiger partial charge on any atom is 0.279 e. The number of anilines is 1. The zero-order valence-corrected chi connectivity index (χ0v) is 15.3. The molecule has 1 amide bonds. The van der Waals surface area contributed by atoms with Crippen LogP contribution in [0.5, 0.6) is 5.88 Å². The van der Waals surface area contributed by atoms with Crippen molar-refractivity contribution in [3.8, 4) is 5.88 Å². The molecule has 0 saturated carbocycles. The van der Waals surface area contributed by atoms with Gasteiger partial charge in [-0.25, -0.2) is 15.0 Å². The second-order valence-electron chi connectivity index (χ2n) is 6.01. The highest BCUT2D eigenvalue weighted by molar-refractivity contribution is 7.22. The molecule has 4 heterocycles. The van der Waals surface area contributed by atoms with Gasteiger partial charge in [-0.05, 0) is 24.3 Å². The number of rotatable bonds is 4. The number of fused-ring (bicyclic) bond motifs is 1. The van der Waals surface area contributed by atoms with Gasteiger partial charge in [-0.15, -0.1) is 0 Å². The van der Waals surface area contributed by atoms with E-state index in [1.807, 2.05) is 6.20 Å². The van der Waals surface area contributed by atoms with Crippen molar-refractivity contribution in [2.75, 3.05) is 25.6 Å². The summed E-state index contributed by atoms with van der Waals surface area (Å²) in [4.78, 5) is 25.3. The Bertz CT molecular complexity index is 946. The summed E-state index contributed by atoms with van der Waals surface area (Å²) in [6.07, 6.45) is 5.07. The number of carbonyl (C=O) groups is 1. The lowest BCUT2D eigenvalue weighted by molar-refractivity contribution is 0.0855. The molecule has 0 spiro atoms. The van der Waals surface area contributed by atoms with Crippen LogP contribution < -0.4 is 10.1 Å². The van der Waals surface area contributed by atoms with E-state index < -0.39 is 0 Å². The highest BCUT2D eigenvalue weighted by Gasteiger charge is 2.23. The average molecular weight is 374 g/mol. The first-order valence-corrected chi connectivity index (χ1v) is 9.12. The van der Waals surface area contributed by atoms with E-state index in [4.69, 9.17) is 13.9 Å². The molecule has 1 fully saturated rings. The standard InChI is InChI=1S/C17H18N4O4S/c1-9-19-12(8-25-9)15(22)21-17-20-13-14(26-17)11(7-18-16(13)23-2)10-3-5-24-6-4-10/h7-8,10H,3-6H2,1-2H3,(H,20,21,22). The fourth-order valence-corrected chi connectivity index (χ4v) is 4.08. The third-order valence-corrected chi connectivity index (χ3v) is 5.36. The van der Waals surface area contributed by atoms with Crippen LogP contribution in [0.25, 0.3) is 10.2 Å². The van der Waals surface area contributed by atoms with Gasteiger partial charge >= 0.3 is 0 Å². The average Bonchev–Trinajstić information content (AvgIpc) is 3.27. The molecule has 26 heavy (non-hydrogen) atoms. The zero-order valence-electron chi connectivity index (χ0n) is 14.4. The van der Waals surface area contributed by atoms with Crippen molar-refractivity contribution in [3.63, 3.8) is 0 Å². The number of carbonyl (C=O) groups excluding carboxylic acids is 1. The van der Waals surface area contributed by atoms with Gasteiger partial charge in [0, 0.05) is 26.3 Å². The van der Waals surface area contributed by atoms with Gasteiger partial charge < -0.3 is 13.9 Å². The zero-order chi connectivity index (χ0) is 18.1. The number of aryl methyl sites for hydroxylation is 1. The highest BCUT2D eigenvalue weighted by Crippen LogP contribution is 2.39. The Balaban J connectivity index is 1.69. The molecule has 0 aromatic carbocycles. The molecule has 0 unspecified atom stereocenters. The van der Waals surface area contributed by atoms with Crippen molar-refractivity contribution in [2.45, 2.75) is 25.7 Å². The molecule has 0 bridgehead atoms. The number of ether oxygens (including phenoxy) is 2. The number of nitrogens with one attached hydrogen (secondary N) is 1. The number of nitrogens with zero attached hydrogens (tertiary/aromatic N) is 3. The molecule has 8 nitrogen and oxygen atoms in total. The number of hydrogen-bond acceptors (Lipinski definition) is 8. The number of oxazole rings is 1. The van der Waals surface area contributed by atoms with Crippen LogP contribution in [0, 0.1) is 6.92 Å². The first-order chi connectivity index (χ1) is 12.7. The molecule has 3 aromatic rings. The Morgan fingerprint density at radius 1 is 1.35 bits per heavy atom. The minimum absolute atomic E-state index is 0.219. The number of thiazole rings is 1. The van der Waals surface area contributed by atoms with Crippen LogP contribution in [0.1, 0.15) is 40.7 Å². The van der Waals surface area contributed by atoms with Crippen LogP contribution in [0.4, 0.5) is 5.13 Å². The number of pyridine rings is 1. The maximum atomic E-state index is 12.3. The first-order valence-electron chi connectivity index (χ1n) is 8.30. The van der Waals surface area contributed by atoms with E-state index in [2.05, 4.69) is 20.3 Å². The topological polar surface area (TPSA) is 99.4 Å². The lowest BCUT2D eigenvalue weighted by Crippen LogP contribution is -2.14. The van der Waals surface area contributed by atoms with E-state index >= 15 is 0 Å². The van der Waals surface area contributed by atoms with Gasteiger partial charge in [0.05, 0.1) is 11.8 Å². The number of amides is 1. The summed E-state index contributed by atoms with van der Waals surface area (Å²) >= 11 is 1.41. The Kier molecular flexibility index (Phi) is 4.56. The van der Waals surface area contributed by atoms with Crippen LogP contribution in [0.3, 0.4) is 0 Å². The van der Waals surface area contributed by atoms with E-state index in [1.165, 1.54) is 17.6 Å². The van der Waals surface area contributed by atoms with Crippen LogP contribution in [0.2, 0.25) is 0 Å². The predicted octanol–water partition coefficient (Wildman–Crippen LogP) is 3.14. The van der Waals surface area contributed by atoms with Crippen molar-refractivity contribution < 1.29 is 18.7 Å². The van der Waals surface area contributed by atoms with Crippen LogP contribution in [-0.4, -0.2) is 41.2 Å². The van der Waals surface area contributed by atoms with E-state index in [-0.39, 0.29) is 11.6 Å². The van der Waals surface area contributed by atoms with Crippen molar-refractivity contribution in [3.05, 3.63) is 29.6 Å². The molecule has 4 rings (SSSR count). The number of hydrogen-bond donors (Lipinski definition) is 1. The monoisotopic (exact) mass is 374 g/mol.